The summed E-state index contributed by atoms with van der Waals surface area (Å²) in [4.78, 5) is 11.2. The molecule has 2 unspecified atom stereocenters. The van der Waals surface area contributed by atoms with Gasteiger partial charge in [-0.05, 0) is 12.8 Å². The van der Waals surface area contributed by atoms with Crippen LogP contribution in [0.1, 0.15) is 20.8 Å². The zero-order chi connectivity index (χ0) is 12.8. The van der Waals surface area contributed by atoms with Gasteiger partial charge in [-0.1, -0.05) is 13.8 Å². The van der Waals surface area contributed by atoms with Gasteiger partial charge in [-0.15, -0.1) is 0 Å². The van der Waals surface area contributed by atoms with Crippen molar-refractivity contribution in [3.63, 3.8) is 0 Å². The molecular weight excluding hydrogens is 210 g/mol. The zero-order valence-corrected chi connectivity index (χ0v) is 10.7. The van der Waals surface area contributed by atoms with E-state index >= 15 is 0 Å². The summed E-state index contributed by atoms with van der Waals surface area (Å²) in [7, 11) is 2.88. The molecule has 0 aromatic rings. The van der Waals surface area contributed by atoms with Gasteiger partial charge in [0.15, 0.2) is 5.60 Å². The van der Waals surface area contributed by atoms with Crippen LogP contribution >= 0.6 is 0 Å². The first kappa shape index (κ1) is 15.3. The molecule has 5 nitrogen and oxygen atoms in total. The zero-order valence-electron chi connectivity index (χ0n) is 10.7. The van der Waals surface area contributed by atoms with Gasteiger partial charge < -0.3 is 19.9 Å². The first-order valence-corrected chi connectivity index (χ1v) is 5.38. The summed E-state index contributed by atoms with van der Waals surface area (Å²) in [6, 6.07) is 0.0983. The van der Waals surface area contributed by atoms with Gasteiger partial charge in [0.1, 0.15) is 0 Å². The molecule has 0 fully saturated rings. The Morgan fingerprint density at radius 3 is 2.38 bits per heavy atom. The molecule has 0 saturated carbocycles. The Bertz CT molecular complexity index is 216. The average Bonchev–Trinajstić information content (AvgIpc) is 2.22. The van der Waals surface area contributed by atoms with Crippen molar-refractivity contribution in [3.8, 4) is 0 Å². The molecule has 0 aliphatic carbocycles. The number of hydrogen-bond donors (Lipinski definition) is 2. The quantitative estimate of drug-likeness (QED) is 0.614. The van der Waals surface area contributed by atoms with E-state index in [2.05, 4.69) is 10.1 Å². The monoisotopic (exact) mass is 233 g/mol. The van der Waals surface area contributed by atoms with Gasteiger partial charge in [0.25, 0.3) is 0 Å². The van der Waals surface area contributed by atoms with Crippen LogP contribution in [-0.2, 0) is 14.3 Å². The summed E-state index contributed by atoms with van der Waals surface area (Å²) in [5.41, 5.74) is -1.50. The van der Waals surface area contributed by atoms with Crippen molar-refractivity contribution in [3.05, 3.63) is 0 Å². The third kappa shape index (κ3) is 4.92. The first-order valence-electron chi connectivity index (χ1n) is 5.38. The van der Waals surface area contributed by atoms with Crippen molar-refractivity contribution in [1.82, 2.24) is 5.32 Å². The molecule has 0 aromatic carbocycles. The second-order valence-corrected chi connectivity index (χ2v) is 4.45. The molecule has 0 rings (SSSR count). The van der Waals surface area contributed by atoms with E-state index in [9.17, 15) is 9.90 Å². The SMILES string of the molecule is COCC(NCC(C)(O)C(=O)OC)C(C)C. The molecule has 5 heteroatoms. The Morgan fingerprint density at radius 2 is 2.00 bits per heavy atom. The molecule has 0 bridgehead atoms. The third-order valence-corrected chi connectivity index (χ3v) is 2.48. The van der Waals surface area contributed by atoms with Crippen molar-refractivity contribution >= 4 is 5.97 Å². The van der Waals surface area contributed by atoms with Gasteiger partial charge in [0, 0.05) is 19.7 Å². The van der Waals surface area contributed by atoms with Crippen LogP contribution in [0.25, 0.3) is 0 Å². The highest BCUT2D eigenvalue weighted by Gasteiger charge is 2.32. The van der Waals surface area contributed by atoms with E-state index < -0.39 is 11.6 Å². The smallest absolute Gasteiger partial charge is 0.338 e. The lowest BCUT2D eigenvalue weighted by Gasteiger charge is -2.27. The van der Waals surface area contributed by atoms with Gasteiger partial charge in [-0.2, -0.15) is 0 Å². The number of hydrogen-bond acceptors (Lipinski definition) is 5. The molecule has 0 aliphatic rings. The molecule has 0 aliphatic heterocycles. The molecule has 16 heavy (non-hydrogen) atoms. The van der Waals surface area contributed by atoms with E-state index in [1.807, 2.05) is 13.8 Å². The number of esters is 1. The standard InChI is InChI=1S/C11H23NO4/c1-8(2)9(6-15-4)12-7-11(3,14)10(13)16-5/h8-9,12,14H,6-7H2,1-5H3. The lowest BCUT2D eigenvalue weighted by Crippen LogP contribution is -2.50. The summed E-state index contributed by atoms with van der Waals surface area (Å²) in [5, 5.41) is 12.9. The number of carbonyl (C=O) groups is 1. The first-order chi connectivity index (χ1) is 7.35. The van der Waals surface area contributed by atoms with Crippen molar-refractivity contribution < 1.29 is 19.4 Å². The molecule has 0 saturated heterocycles. The van der Waals surface area contributed by atoms with Crippen LogP contribution in [0, 0.1) is 5.92 Å². The fraction of sp³-hybridized carbons (Fsp3) is 0.909. The van der Waals surface area contributed by atoms with E-state index in [1.165, 1.54) is 14.0 Å². The highest BCUT2D eigenvalue weighted by atomic mass is 16.5. The topological polar surface area (TPSA) is 67.8 Å². The Morgan fingerprint density at radius 1 is 1.44 bits per heavy atom. The van der Waals surface area contributed by atoms with Crippen molar-refractivity contribution in [2.45, 2.75) is 32.4 Å². The van der Waals surface area contributed by atoms with E-state index in [4.69, 9.17) is 4.74 Å². The van der Waals surface area contributed by atoms with Crippen molar-refractivity contribution in [2.75, 3.05) is 27.4 Å². The van der Waals surface area contributed by atoms with Crippen molar-refractivity contribution in [1.29, 1.82) is 0 Å². The summed E-state index contributed by atoms with van der Waals surface area (Å²) in [5.74, 6) is -0.284. The van der Waals surface area contributed by atoms with Crippen LogP contribution in [-0.4, -0.2) is 50.1 Å². The van der Waals surface area contributed by atoms with Gasteiger partial charge in [0.05, 0.1) is 13.7 Å². The molecule has 0 amide bonds. The Kier molecular flexibility index (Phi) is 6.55. The molecule has 2 N–H and O–H groups in total. The molecular formula is C11H23NO4. The number of methoxy groups -OCH3 is 2. The Hall–Kier alpha value is -0.650. The van der Waals surface area contributed by atoms with Gasteiger partial charge in [-0.3, -0.25) is 0 Å². The Balaban J connectivity index is 4.23. The number of aliphatic hydroxyl groups is 1. The van der Waals surface area contributed by atoms with Crippen molar-refractivity contribution in [2.24, 2.45) is 5.92 Å². The van der Waals surface area contributed by atoms with E-state index in [1.54, 1.807) is 7.11 Å². The highest BCUT2D eigenvalue weighted by Crippen LogP contribution is 2.07. The van der Waals surface area contributed by atoms with Gasteiger partial charge >= 0.3 is 5.97 Å². The lowest BCUT2D eigenvalue weighted by atomic mass is 10.0. The predicted octanol–water partition coefficient (Wildman–Crippen LogP) is 0.171. The lowest BCUT2D eigenvalue weighted by molar-refractivity contribution is -0.160. The predicted molar refractivity (Wildman–Crippen MR) is 61.1 cm³/mol. The number of carbonyl (C=O) groups excluding carboxylic acids is 1. The number of rotatable bonds is 7. The molecule has 0 aromatic heterocycles. The number of ether oxygens (including phenoxy) is 2. The van der Waals surface area contributed by atoms with Crippen LogP contribution in [0.15, 0.2) is 0 Å². The van der Waals surface area contributed by atoms with E-state index in [0.717, 1.165) is 0 Å². The fourth-order valence-corrected chi connectivity index (χ4v) is 1.29. The summed E-state index contributed by atoms with van der Waals surface area (Å²) in [6.45, 7) is 6.20. The minimum absolute atomic E-state index is 0.0983. The Labute approximate surface area is 97.1 Å². The normalized spacial score (nSPS) is 16.9. The van der Waals surface area contributed by atoms with Gasteiger partial charge in [0.2, 0.25) is 0 Å². The molecule has 0 radical (unpaired) electrons. The minimum atomic E-state index is -1.50. The third-order valence-electron chi connectivity index (χ3n) is 2.48. The van der Waals surface area contributed by atoms with Gasteiger partial charge in [-0.25, -0.2) is 4.79 Å². The largest absolute Gasteiger partial charge is 0.467 e. The maximum atomic E-state index is 11.2. The maximum Gasteiger partial charge on any atom is 0.338 e. The molecule has 0 spiro atoms. The van der Waals surface area contributed by atoms with Crippen LogP contribution in [0.3, 0.4) is 0 Å². The second kappa shape index (κ2) is 6.83. The van der Waals surface area contributed by atoms with Crippen LogP contribution < -0.4 is 5.32 Å². The van der Waals surface area contributed by atoms with Crippen LogP contribution in [0.4, 0.5) is 0 Å². The minimum Gasteiger partial charge on any atom is -0.467 e. The van der Waals surface area contributed by atoms with Crippen LogP contribution in [0.5, 0.6) is 0 Å². The summed E-state index contributed by atoms with van der Waals surface area (Å²) >= 11 is 0. The maximum absolute atomic E-state index is 11.2. The second-order valence-electron chi connectivity index (χ2n) is 4.45. The molecule has 0 heterocycles. The molecule has 96 valence electrons. The van der Waals surface area contributed by atoms with Crippen LogP contribution in [0.2, 0.25) is 0 Å². The molecule has 2 atom stereocenters. The number of nitrogens with one attached hydrogen (secondary N) is 1. The average molecular weight is 233 g/mol. The van der Waals surface area contributed by atoms with E-state index in [-0.39, 0.29) is 12.6 Å². The highest BCUT2D eigenvalue weighted by molar-refractivity contribution is 5.78. The summed E-state index contributed by atoms with van der Waals surface area (Å²) in [6.07, 6.45) is 0. The fourth-order valence-electron chi connectivity index (χ4n) is 1.29. The van der Waals surface area contributed by atoms with E-state index in [0.29, 0.717) is 12.5 Å². The summed E-state index contributed by atoms with van der Waals surface area (Å²) < 4.78 is 9.56.